The van der Waals surface area contributed by atoms with Gasteiger partial charge in [0.25, 0.3) is 11.8 Å². The molecule has 0 bridgehead atoms. The Balaban J connectivity index is 1.20. The Hall–Kier alpha value is -3.63. The number of benzene rings is 2. The molecule has 5 rings (SSSR count). The lowest BCUT2D eigenvalue weighted by molar-refractivity contribution is 0.0918. The smallest absolute Gasteiger partial charge is 0.256 e. The molecular weight excluding hydrogens is 493 g/mol. The summed E-state index contributed by atoms with van der Waals surface area (Å²) in [6.07, 6.45) is 12.0. The van der Waals surface area contributed by atoms with Gasteiger partial charge in [-0.05, 0) is 80.8 Å². The van der Waals surface area contributed by atoms with Crippen LogP contribution < -0.4 is 16.1 Å². The predicted molar refractivity (Wildman–Crippen MR) is 141 cm³/mol. The molecule has 2 aromatic carbocycles. The first-order valence-corrected chi connectivity index (χ1v) is 12.9. The van der Waals surface area contributed by atoms with Crippen molar-refractivity contribution in [2.24, 2.45) is 5.92 Å². The van der Waals surface area contributed by atoms with E-state index in [4.69, 9.17) is 18.0 Å². The summed E-state index contributed by atoms with van der Waals surface area (Å²) in [4.78, 5) is 38.6. The number of nitrogens with one attached hydrogen (secondary N) is 2. The number of hydrogen-bond acceptors (Lipinski definition) is 3. The number of fused-ring (bicyclic) bond motifs is 1. The molecule has 1 aromatic heterocycles. The Morgan fingerprint density at radius 2 is 1.76 bits per heavy atom. The monoisotopic (exact) mass is 519 g/mol. The Labute approximate surface area is 219 Å². The molecule has 0 saturated heterocycles. The second-order valence-corrected chi connectivity index (χ2v) is 10.3. The number of hydrogen-bond donors (Lipinski definition) is 2. The first-order chi connectivity index (χ1) is 17.8. The molecule has 0 radical (unpaired) electrons. The fourth-order valence-electron chi connectivity index (χ4n) is 4.99. The zero-order chi connectivity index (χ0) is 26.1. The van der Waals surface area contributed by atoms with Crippen molar-refractivity contribution in [3.63, 3.8) is 0 Å². The molecule has 8 heteroatoms. The molecule has 2 amide bonds. The van der Waals surface area contributed by atoms with Crippen LogP contribution in [0.5, 0.6) is 0 Å². The van der Waals surface area contributed by atoms with Crippen LogP contribution in [-0.4, -0.2) is 29.0 Å². The highest BCUT2D eigenvalue weighted by atomic mass is 35.5. The molecule has 0 spiro atoms. The van der Waals surface area contributed by atoms with Crippen LogP contribution in [-0.2, 0) is 0 Å². The lowest BCUT2D eigenvalue weighted by atomic mass is 9.86. The summed E-state index contributed by atoms with van der Waals surface area (Å²) in [7, 11) is 0. The maximum absolute atomic E-state index is 14.1. The third-order valence-corrected chi connectivity index (χ3v) is 7.60. The van der Waals surface area contributed by atoms with Gasteiger partial charge < -0.3 is 15.2 Å². The highest BCUT2D eigenvalue weighted by Gasteiger charge is 2.29. The van der Waals surface area contributed by atoms with E-state index in [1.165, 1.54) is 6.07 Å². The van der Waals surface area contributed by atoms with E-state index in [-0.39, 0.29) is 34.0 Å². The molecule has 0 aliphatic heterocycles. The molecule has 1 heterocycles. The van der Waals surface area contributed by atoms with Crippen molar-refractivity contribution >= 4 is 34.3 Å². The van der Waals surface area contributed by atoms with Crippen molar-refractivity contribution in [1.82, 2.24) is 15.2 Å². The van der Waals surface area contributed by atoms with Crippen LogP contribution in [0, 0.1) is 24.1 Å². The van der Waals surface area contributed by atoms with E-state index < -0.39 is 17.2 Å². The van der Waals surface area contributed by atoms with Crippen molar-refractivity contribution in [3.8, 4) is 12.3 Å². The van der Waals surface area contributed by atoms with Gasteiger partial charge in [-0.15, -0.1) is 6.42 Å². The van der Waals surface area contributed by atoms with Gasteiger partial charge in [0.05, 0.1) is 10.5 Å². The first kappa shape index (κ1) is 25.0. The maximum atomic E-state index is 14.1. The topological polar surface area (TPSA) is 80.2 Å². The highest BCUT2D eigenvalue weighted by molar-refractivity contribution is 6.31. The molecule has 2 N–H and O–H groups in total. The van der Waals surface area contributed by atoms with E-state index in [1.807, 2.05) is 4.57 Å². The number of terminal acetylenes is 1. The van der Waals surface area contributed by atoms with E-state index in [0.29, 0.717) is 23.5 Å². The Bertz CT molecular complexity index is 1460. The number of carbonyl (C=O) groups excluding carboxylic acids is 2. The van der Waals surface area contributed by atoms with E-state index in [9.17, 15) is 18.8 Å². The molecule has 2 aliphatic rings. The third-order valence-electron chi connectivity index (χ3n) is 7.31. The number of aromatic nitrogens is 1. The minimum absolute atomic E-state index is 0.0198. The molecule has 37 heavy (non-hydrogen) atoms. The third kappa shape index (κ3) is 5.40. The van der Waals surface area contributed by atoms with Crippen LogP contribution in [0.25, 0.3) is 10.9 Å². The average molecular weight is 520 g/mol. The molecule has 2 saturated carbocycles. The van der Waals surface area contributed by atoms with E-state index >= 15 is 0 Å². The van der Waals surface area contributed by atoms with E-state index in [2.05, 4.69) is 16.6 Å². The minimum atomic E-state index is -0.679. The van der Waals surface area contributed by atoms with Gasteiger partial charge in [-0.1, -0.05) is 17.5 Å². The van der Waals surface area contributed by atoms with Crippen molar-refractivity contribution < 1.29 is 14.0 Å². The number of halogens is 2. The average Bonchev–Trinajstić information content (AvgIpc) is 3.75. The van der Waals surface area contributed by atoms with E-state index in [0.717, 1.165) is 50.2 Å². The molecule has 2 fully saturated rings. The Morgan fingerprint density at radius 1 is 1.05 bits per heavy atom. The number of rotatable bonds is 6. The quantitative estimate of drug-likeness (QED) is 0.458. The van der Waals surface area contributed by atoms with Crippen LogP contribution in [0.15, 0.2) is 47.4 Å². The van der Waals surface area contributed by atoms with Crippen LogP contribution in [0.3, 0.4) is 0 Å². The fourth-order valence-corrected chi connectivity index (χ4v) is 5.15. The molecule has 0 atom stereocenters. The highest BCUT2D eigenvalue weighted by Crippen LogP contribution is 2.37. The zero-order valence-corrected chi connectivity index (χ0v) is 21.0. The lowest BCUT2D eigenvalue weighted by Gasteiger charge is -2.29. The van der Waals surface area contributed by atoms with Crippen molar-refractivity contribution in [2.75, 3.05) is 6.54 Å². The summed E-state index contributed by atoms with van der Waals surface area (Å²) < 4.78 is 16.0. The summed E-state index contributed by atoms with van der Waals surface area (Å²) >= 11 is 5.96. The van der Waals surface area contributed by atoms with Gasteiger partial charge in [0.1, 0.15) is 11.4 Å². The normalized spacial score (nSPS) is 19.3. The predicted octanol–water partition coefficient (Wildman–Crippen LogP) is 4.83. The molecule has 190 valence electrons. The molecule has 6 nitrogen and oxygen atoms in total. The van der Waals surface area contributed by atoms with Crippen molar-refractivity contribution in [1.29, 1.82) is 0 Å². The van der Waals surface area contributed by atoms with Gasteiger partial charge in [-0.25, -0.2) is 4.39 Å². The summed E-state index contributed by atoms with van der Waals surface area (Å²) in [5.41, 5.74) is 1.36. The van der Waals surface area contributed by atoms with Crippen LogP contribution in [0.4, 0.5) is 4.39 Å². The van der Waals surface area contributed by atoms with Gasteiger partial charge in [-0.3, -0.25) is 14.4 Å². The number of pyridine rings is 1. The van der Waals surface area contributed by atoms with Gasteiger partial charge in [0.15, 0.2) is 0 Å². The SMILES string of the molecule is C#Cc1ccc(C(=O)NCC2CCC(NC(=O)c3cn(C4CC4)c4cc(Cl)c(F)cc4c3=O)CC2)cc1. The summed E-state index contributed by atoms with van der Waals surface area (Å²) in [5, 5.41) is 6.09. The molecule has 0 unspecified atom stereocenters. The zero-order valence-electron chi connectivity index (χ0n) is 20.2. The van der Waals surface area contributed by atoms with Crippen LogP contribution in [0.1, 0.15) is 70.8 Å². The summed E-state index contributed by atoms with van der Waals surface area (Å²) in [6, 6.07) is 9.60. The standard InChI is InChI=1S/C29H27ClFN3O3/c1-2-17-3-7-19(8-4-17)28(36)32-15-18-5-9-20(10-6-18)33-29(37)23-16-34(21-11-12-21)26-14-24(30)25(31)13-22(26)27(23)35/h1,3-4,7-8,13-14,16,18,20-21H,5-6,9-12,15H2,(H,32,36)(H,33,37). The van der Waals surface area contributed by atoms with E-state index in [1.54, 1.807) is 30.5 Å². The maximum Gasteiger partial charge on any atom is 0.256 e. The number of nitrogens with zero attached hydrogens (tertiary/aromatic N) is 1. The summed E-state index contributed by atoms with van der Waals surface area (Å²) in [5.74, 6) is 1.58. The largest absolute Gasteiger partial charge is 0.352 e. The lowest BCUT2D eigenvalue weighted by Crippen LogP contribution is -2.41. The fraction of sp³-hybridized carbons (Fsp3) is 0.345. The Kier molecular flexibility index (Phi) is 7.03. The summed E-state index contributed by atoms with van der Waals surface area (Å²) in [6.45, 7) is 0.557. The van der Waals surface area contributed by atoms with Gasteiger partial charge in [0.2, 0.25) is 5.43 Å². The van der Waals surface area contributed by atoms with Crippen molar-refractivity contribution in [2.45, 2.75) is 50.6 Å². The van der Waals surface area contributed by atoms with Gasteiger partial charge in [0, 0.05) is 41.3 Å². The minimum Gasteiger partial charge on any atom is -0.352 e. The first-order valence-electron chi connectivity index (χ1n) is 12.5. The van der Waals surface area contributed by atoms with Gasteiger partial charge >= 0.3 is 0 Å². The molecule has 2 aliphatic carbocycles. The Morgan fingerprint density at radius 3 is 2.41 bits per heavy atom. The van der Waals surface area contributed by atoms with Crippen LogP contribution in [0.2, 0.25) is 5.02 Å². The number of carbonyl (C=O) groups is 2. The van der Waals surface area contributed by atoms with Crippen LogP contribution >= 0.6 is 11.6 Å². The molecule has 3 aromatic rings. The van der Waals surface area contributed by atoms with Gasteiger partial charge in [-0.2, -0.15) is 0 Å². The number of amides is 2. The molecular formula is C29H27ClFN3O3. The van der Waals surface area contributed by atoms with Crippen molar-refractivity contribution in [3.05, 3.63) is 80.3 Å². The second-order valence-electron chi connectivity index (χ2n) is 9.92. The second kappa shape index (κ2) is 10.4.